The molecule has 2 N–H and O–H groups in total. The second-order valence-electron chi connectivity index (χ2n) is 5.13. The lowest BCUT2D eigenvalue weighted by Gasteiger charge is -2.06. The van der Waals surface area contributed by atoms with Crippen LogP contribution in [0.15, 0.2) is 46.2 Å². The van der Waals surface area contributed by atoms with Gasteiger partial charge in [0.25, 0.3) is 5.91 Å². The average molecular weight is 294 g/mol. The molecule has 1 atom stereocenters. The molecule has 0 bridgehead atoms. The smallest absolute Gasteiger partial charge is 0.255 e. The van der Waals surface area contributed by atoms with Gasteiger partial charge in [-0.25, -0.2) is 9.35 Å². The van der Waals surface area contributed by atoms with Crippen LogP contribution >= 0.6 is 0 Å². The molecular formula is C15H22N2O2S. The summed E-state index contributed by atoms with van der Waals surface area (Å²) in [4.78, 5) is 12.1. The molecule has 110 valence electrons. The second-order valence-corrected chi connectivity index (χ2v) is 6.92. The molecule has 1 aromatic carbocycles. The molecule has 1 amide bonds. The predicted molar refractivity (Wildman–Crippen MR) is 82.4 cm³/mol. The van der Waals surface area contributed by atoms with Crippen LogP contribution in [0.1, 0.15) is 32.3 Å². The van der Waals surface area contributed by atoms with Crippen LogP contribution in [-0.2, 0) is 21.1 Å². The van der Waals surface area contributed by atoms with Crippen LogP contribution in [0.3, 0.4) is 0 Å². The number of rotatable bonds is 6. The number of nitrogens with two attached hydrogens (primary N) is 1. The van der Waals surface area contributed by atoms with Gasteiger partial charge in [-0.15, -0.1) is 10.9 Å². The molecule has 0 aromatic heterocycles. The zero-order chi connectivity index (χ0) is 15.2. The minimum absolute atomic E-state index is 0.276. The third-order valence-corrected chi connectivity index (χ3v) is 4.19. The molecule has 0 aliphatic rings. The van der Waals surface area contributed by atoms with Crippen LogP contribution in [-0.4, -0.2) is 10.1 Å². The van der Waals surface area contributed by atoms with Crippen molar-refractivity contribution in [2.75, 3.05) is 0 Å². The van der Waals surface area contributed by atoms with E-state index < -0.39 is 15.8 Å². The largest absolute Gasteiger partial charge is 0.272 e. The molecule has 4 nitrogen and oxygen atoms in total. The first-order chi connectivity index (χ1) is 9.35. The number of allylic oxidation sites excluding steroid dienone is 1. The SMILES string of the molecule is C=CCc1cccc(S(N)(=O)=NC(=O)CCC(C)C)c1. The molecule has 20 heavy (non-hydrogen) atoms. The normalized spacial score (nSPS) is 13.8. The van der Waals surface area contributed by atoms with Gasteiger partial charge in [-0.05, 0) is 36.5 Å². The summed E-state index contributed by atoms with van der Waals surface area (Å²) in [7, 11) is -3.16. The summed E-state index contributed by atoms with van der Waals surface area (Å²) in [6, 6.07) is 6.99. The number of carbonyl (C=O) groups is 1. The van der Waals surface area contributed by atoms with E-state index in [-0.39, 0.29) is 6.42 Å². The molecule has 0 heterocycles. The molecule has 0 aliphatic carbocycles. The Morgan fingerprint density at radius 2 is 2.20 bits per heavy atom. The van der Waals surface area contributed by atoms with Crippen molar-refractivity contribution in [3.8, 4) is 0 Å². The van der Waals surface area contributed by atoms with Crippen LogP contribution in [0.2, 0.25) is 0 Å². The first-order valence-corrected chi connectivity index (χ1v) is 8.20. The molecule has 0 aliphatic heterocycles. The summed E-state index contributed by atoms with van der Waals surface area (Å²) < 4.78 is 16.1. The quantitative estimate of drug-likeness (QED) is 0.819. The van der Waals surface area contributed by atoms with Crippen LogP contribution in [0.25, 0.3) is 0 Å². The Bertz CT molecular complexity index is 600. The highest BCUT2D eigenvalue weighted by atomic mass is 32.2. The van der Waals surface area contributed by atoms with Gasteiger partial charge in [0.05, 0.1) is 4.90 Å². The topological polar surface area (TPSA) is 72.5 Å². The monoisotopic (exact) mass is 294 g/mol. The lowest BCUT2D eigenvalue weighted by molar-refractivity contribution is -0.117. The van der Waals surface area contributed by atoms with Gasteiger partial charge in [0.2, 0.25) is 0 Å². The third kappa shape index (κ3) is 5.27. The summed E-state index contributed by atoms with van der Waals surface area (Å²) >= 11 is 0. The fraction of sp³-hybridized carbons (Fsp3) is 0.400. The standard InChI is InChI=1S/C15H22N2O2S/c1-4-6-13-7-5-8-14(11-13)20(16,19)17-15(18)10-9-12(2)3/h4-5,7-8,11-12H,1,6,9-10H2,2-3H3,(H2,16,17,18,19). The molecule has 0 fully saturated rings. The fourth-order valence-electron chi connectivity index (χ4n) is 1.68. The van der Waals surface area contributed by atoms with Gasteiger partial charge in [-0.1, -0.05) is 32.1 Å². The molecule has 0 saturated carbocycles. The maximum absolute atomic E-state index is 12.4. The van der Waals surface area contributed by atoms with E-state index in [2.05, 4.69) is 10.9 Å². The fourth-order valence-corrected chi connectivity index (χ4v) is 2.78. The van der Waals surface area contributed by atoms with Crippen molar-refractivity contribution < 1.29 is 9.00 Å². The van der Waals surface area contributed by atoms with Crippen LogP contribution < -0.4 is 5.14 Å². The first kappa shape index (κ1) is 16.6. The zero-order valence-electron chi connectivity index (χ0n) is 12.0. The Hall–Kier alpha value is -1.46. The van der Waals surface area contributed by atoms with Gasteiger partial charge in [0.1, 0.15) is 9.92 Å². The van der Waals surface area contributed by atoms with Crippen LogP contribution in [0.5, 0.6) is 0 Å². The number of benzene rings is 1. The number of hydrogen-bond donors (Lipinski definition) is 1. The molecule has 0 radical (unpaired) electrons. The Balaban J connectivity index is 2.97. The zero-order valence-corrected chi connectivity index (χ0v) is 12.9. The summed E-state index contributed by atoms with van der Waals surface area (Å²) in [6.45, 7) is 7.70. The summed E-state index contributed by atoms with van der Waals surface area (Å²) in [5, 5.41) is 5.72. The molecule has 1 aromatic rings. The van der Waals surface area contributed by atoms with Crippen molar-refractivity contribution in [3.63, 3.8) is 0 Å². The summed E-state index contributed by atoms with van der Waals surface area (Å²) in [5.41, 5.74) is 0.945. The predicted octanol–water partition coefficient (Wildman–Crippen LogP) is 3.08. The van der Waals surface area contributed by atoms with E-state index in [9.17, 15) is 9.00 Å². The van der Waals surface area contributed by atoms with E-state index in [0.717, 1.165) is 5.56 Å². The second kappa shape index (κ2) is 7.36. The lowest BCUT2D eigenvalue weighted by atomic mass is 10.1. The third-order valence-electron chi connectivity index (χ3n) is 2.79. The van der Waals surface area contributed by atoms with Crippen molar-refractivity contribution in [1.82, 2.24) is 0 Å². The van der Waals surface area contributed by atoms with Crippen molar-refractivity contribution >= 4 is 15.8 Å². The van der Waals surface area contributed by atoms with Crippen molar-refractivity contribution in [3.05, 3.63) is 42.5 Å². The highest BCUT2D eigenvalue weighted by Crippen LogP contribution is 2.14. The van der Waals surface area contributed by atoms with Gasteiger partial charge in [0, 0.05) is 6.42 Å². The number of amides is 1. The Morgan fingerprint density at radius 3 is 2.80 bits per heavy atom. The lowest BCUT2D eigenvalue weighted by Crippen LogP contribution is -2.15. The number of hydrogen-bond acceptors (Lipinski definition) is 2. The van der Waals surface area contributed by atoms with E-state index in [1.54, 1.807) is 24.3 Å². The maximum atomic E-state index is 12.4. The molecule has 0 spiro atoms. The van der Waals surface area contributed by atoms with Crippen LogP contribution in [0.4, 0.5) is 0 Å². The maximum Gasteiger partial charge on any atom is 0.255 e. The van der Waals surface area contributed by atoms with E-state index in [0.29, 0.717) is 23.7 Å². The van der Waals surface area contributed by atoms with E-state index >= 15 is 0 Å². The number of nitrogens with zero attached hydrogens (tertiary/aromatic N) is 1. The van der Waals surface area contributed by atoms with E-state index in [1.165, 1.54) is 0 Å². The number of carbonyl (C=O) groups excluding carboxylic acids is 1. The van der Waals surface area contributed by atoms with Gasteiger partial charge < -0.3 is 0 Å². The molecule has 0 saturated heterocycles. The summed E-state index contributed by atoms with van der Waals surface area (Å²) in [6.07, 6.45) is 3.40. The minimum Gasteiger partial charge on any atom is -0.272 e. The van der Waals surface area contributed by atoms with Gasteiger partial charge >= 0.3 is 0 Å². The Morgan fingerprint density at radius 1 is 1.50 bits per heavy atom. The van der Waals surface area contributed by atoms with Crippen molar-refractivity contribution in [2.45, 2.75) is 38.0 Å². The van der Waals surface area contributed by atoms with Crippen LogP contribution in [0, 0.1) is 5.92 Å². The van der Waals surface area contributed by atoms with E-state index in [1.807, 2.05) is 19.9 Å². The van der Waals surface area contributed by atoms with Gasteiger partial charge in [-0.3, -0.25) is 4.79 Å². The molecular weight excluding hydrogens is 272 g/mol. The van der Waals surface area contributed by atoms with Crippen molar-refractivity contribution in [2.24, 2.45) is 15.4 Å². The highest BCUT2D eigenvalue weighted by molar-refractivity contribution is 7.91. The summed E-state index contributed by atoms with van der Waals surface area (Å²) in [5.74, 6) is -0.000723. The molecule has 5 heteroatoms. The Labute approximate surface area is 121 Å². The molecule has 1 rings (SSSR count). The van der Waals surface area contributed by atoms with Crippen molar-refractivity contribution in [1.29, 1.82) is 0 Å². The minimum atomic E-state index is -3.16. The first-order valence-electron chi connectivity index (χ1n) is 6.62. The Kier molecular flexibility index (Phi) is 6.10. The highest BCUT2D eigenvalue weighted by Gasteiger charge is 2.11. The molecule has 1 unspecified atom stereocenters. The van der Waals surface area contributed by atoms with Gasteiger partial charge in [-0.2, -0.15) is 0 Å². The average Bonchev–Trinajstić information content (AvgIpc) is 2.37. The van der Waals surface area contributed by atoms with Gasteiger partial charge in [0.15, 0.2) is 0 Å². The van der Waals surface area contributed by atoms with E-state index in [4.69, 9.17) is 5.14 Å².